The van der Waals surface area contributed by atoms with E-state index < -0.39 is 0 Å². The van der Waals surface area contributed by atoms with Gasteiger partial charge in [-0.3, -0.25) is 4.79 Å². The molecule has 0 saturated heterocycles. The van der Waals surface area contributed by atoms with Crippen LogP contribution < -0.4 is 0 Å². The summed E-state index contributed by atoms with van der Waals surface area (Å²) in [5.74, 6) is 2.72. The first-order chi connectivity index (χ1) is 10.3. The van der Waals surface area contributed by atoms with E-state index in [0.717, 1.165) is 30.8 Å². The highest BCUT2D eigenvalue weighted by Gasteiger charge is 2.50. The second kappa shape index (κ2) is 6.14. The minimum absolute atomic E-state index is 0.125. The zero-order valence-corrected chi connectivity index (χ0v) is 14.5. The molecule has 0 unspecified atom stereocenters. The number of esters is 1. The van der Waals surface area contributed by atoms with Gasteiger partial charge in [0.25, 0.3) is 0 Å². The van der Waals surface area contributed by atoms with Crippen molar-refractivity contribution in [1.29, 1.82) is 0 Å². The summed E-state index contributed by atoms with van der Waals surface area (Å²) in [6.07, 6.45) is 9.76. The normalized spacial score (nSPS) is 36.6. The summed E-state index contributed by atoms with van der Waals surface area (Å²) in [7, 11) is 0. The van der Waals surface area contributed by atoms with Gasteiger partial charge in [-0.2, -0.15) is 0 Å². The van der Waals surface area contributed by atoms with Crippen molar-refractivity contribution in [3.05, 3.63) is 0 Å². The van der Waals surface area contributed by atoms with Crippen LogP contribution in [0.1, 0.15) is 72.1 Å². The standard InChI is InChI=1S/C19H32O3/c1-18(2,3)5-4-17(20)22-13-21-12-19-9-14-6-15(10-19)8-16(7-14)11-19/h14-16H,4-13H2,1-3H3. The van der Waals surface area contributed by atoms with Crippen molar-refractivity contribution >= 4 is 5.97 Å². The Bertz CT molecular complexity index is 372. The van der Waals surface area contributed by atoms with Gasteiger partial charge in [-0.05, 0) is 73.5 Å². The molecule has 0 radical (unpaired) electrons. The van der Waals surface area contributed by atoms with E-state index in [1.54, 1.807) is 0 Å². The lowest BCUT2D eigenvalue weighted by Crippen LogP contribution is -2.48. The predicted octanol–water partition coefficient (Wildman–Crippen LogP) is 4.55. The van der Waals surface area contributed by atoms with Gasteiger partial charge >= 0.3 is 5.97 Å². The Labute approximate surface area is 135 Å². The zero-order chi connectivity index (χ0) is 15.8. The highest BCUT2D eigenvalue weighted by atomic mass is 16.7. The maximum Gasteiger partial charge on any atom is 0.307 e. The molecule has 3 nitrogen and oxygen atoms in total. The monoisotopic (exact) mass is 308 g/mol. The number of hydrogen-bond acceptors (Lipinski definition) is 3. The Morgan fingerprint density at radius 2 is 1.59 bits per heavy atom. The fraction of sp³-hybridized carbons (Fsp3) is 0.947. The molecular weight excluding hydrogens is 276 g/mol. The van der Waals surface area contributed by atoms with Crippen molar-refractivity contribution in [2.24, 2.45) is 28.6 Å². The molecule has 0 spiro atoms. The van der Waals surface area contributed by atoms with E-state index in [-0.39, 0.29) is 18.2 Å². The zero-order valence-electron chi connectivity index (χ0n) is 14.5. The number of rotatable bonds is 6. The molecule has 4 rings (SSSR count). The van der Waals surface area contributed by atoms with Crippen LogP contribution in [0, 0.1) is 28.6 Å². The Morgan fingerprint density at radius 1 is 1.05 bits per heavy atom. The lowest BCUT2D eigenvalue weighted by molar-refractivity contribution is -0.166. The van der Waals surface area contributed by atoms with Crippen molar-refractivity contribution in [3.63, 3.8) is 0 Å². The summed E-state index contributed by atoms with van der Waals surface area (Å²) in [6.45, 7) is 7.37. The smallest absolute Gasteiger partial charge is 0.307 e. The van der Waals surface area contributed by atoms with Gasteiger partial charge in [0, 0.05) is 6.42 Å². The maximum absolute atomic E-state index is 11.7. The summed E-state index contributed by atoms with van der Waals surface area (Å²) in [4.78, 5) is 11.7. The van der Waals surface area contributed by atoms with Crippen LogP contribution in [0.4, 0.5) is 0 Å². The average Bonchev–Trinajstić information content (AvgIpc) is 2.39. The Morgan fingerprint density at radius 3 is 2.09 bits per heavy atom. The molecule has 4 saturated carbocycles. The van der Waals surface area contributed by atoms with Gasteiger partial charge in [-0.15, -0.1) is 0 Å². The van der Waals surface area contributed by atoms with Crippen molar-refractivity contribution in [2.75, 3.05) is 13.4 Å². The summed E-state index contributed by atoms with van der Waals surface area (Å²) < 4.78 is 11.0. The van der Waals surface area contributed by atoms with Crippen LogP contribution >= 0.6 is 0 Å². The quantitative estimate of drug-likeness (QED) is 0.410. The summed E-state index contributed by atoms with van der Waals surface area (Å²) in [5, 5.41) is 0. The SMILES string of the molecule is CC(C)(C)CCC(=O)OCOCC12CC3CC(CC(C3)C1)C2. The van der Waals surface area contributed by atoms with Gasteiger partial charge in [0.05, 0.1) is 6.61 Å². The molecule has 22 heavy (non-hydrogen) atoms. The summed E-state index contributed by atoms with van der Waals surface area (Å²) in [5.41, 5.74) is 0.589. The number of hydrogen-bond donors (Lipinski definition) is 0. The van der Waals surface area contributed by atoms with Gasteiger partial charge < -0.3 is 9.47 Å². The minimum atomic E-state index is -0.125. The van der Waals surface area contributed by atoms with Crippen LogP contribution in [0.5, 0.6) is 0 Å². The Hall–Kier alpha value is -0.570. The molecule has 126 valence electrons. The third-order valence-corrected chi connectivity index (χ3v) is 5.96. The van der Waals surface area contributed by atoms with Crippen LogP contribution in [0.3, 0.4) is 0 Å². The third-order valence-electron chi connectivity index (χ3n) is 5.96. The van der Waals surface area contributed by atoms with Crippen molar-refractivity contribution < 1.29 is 14.3 Å². The molecule has 4 aliphatic rings. The van der Waals surface area contributed by atoms with Crippen molar-refractivity contribution in [2.45, 2.75) is 72.1 Å². The minimum Gasteiger partial charge on any atom is -0.438 e. The van der Waals surface area contributed by atoms with E-state index >= 15 is 0 Å². The van der Waals surface area contributed by atoms with Crippen molar-refractivity contribution in [1.82, 2.24) is 0 Å². The maximum atomic E-state index is 11.7. The molecular formula is C19H32O3. The number of carbonyl (C=O) groups is 1. The third kappa shape index (κ3) is 4.04. The molecule has 4 fully saturated rings. The fourth-order valence-corrected chi connectivity index (χ4v) is 5.38. The molecule has 0 aromatic carbocycles. The van der Waals surface area contributed by atoms with Crippen LogP contribution in [0.25, 0.3) is 0 Å². The van der Waals surface area contributed by atoms with E-state index in [0.29, 0.717) is 11.8 Å². The first-order valence-electron chi connectivity index (χ1n) is 9.07. The summed E-state index contributed by atoms with van der Waals surface area (Å²) in [6, 6.07) is 0. The molecule has 0 atom stereocenters. The average molecular weight is 308 g/mol. The second-order valence-corrected chi connectivity index (χ2v) is 9.46. The molecule has 0 aliphatic heterocycles. The lowest BCUT2D eigenvalue weighted by Gasteiger charge is -2.56. The second-order valence-electron chi connectivity index (χ2n) is 9.46. The molecule has 4 bridgehead atoms. The Kier molecular flexibility index (Phi) is 4.55. The van der Waals surface area contributed by atoms with Gasteiger partial charge in [-0.25, -0.2) is 0 Å². The highest BCUT2D eigenvalue weighted by Crippen LogP contribution is 2.60. The van der Waals surface area contributed by atoms with E-state index in [1.165, 1.54) is 38.5 Å². The molecule has 4 aliphatic carbocycles. The topological polar surface area (TPSA) is 35.5 Å². The largest absolute Gasteiger partial charge is 0.438 e. The van der Waals surface area contributed by atoms with Gasteiger partial charge in [0.15, 0.2) is 6.79 Å². The van der Waals surface area contributed by atoms with Gasteiger partial charge in [0.1, 0.15) is 0 Å². The van der Waals surface area contributed by atoms with Crippen LogP contribution in [0.2, 0.25) is 0 Å². The Balaban J connectivity index is 1.36. The van der Waals surface area contributed by atoms with Crippen LogP contribution in [0.15, 0.2) is 0 Å². The molecule has 0 amide bonds. The molecule has 0 heterocycles. The molecule has 0 N–H and O–H groups in total. The molecule has 0 aromatic rings. The van der Waals surface area contributed by atoms with Gasteiger partial charge in [-0.1, -0.05) is 20.8 Å². The van der Waals surface area contributed by atoms with E-state index in [9.17, 15) is 4.79 Å². The number of carbonyl (C=O) groups excluding carboxylic acids is 1. The predicted molar refractivity (Wildman–Crippen MR) is 86.2 cm³/mol. The van der Waals surface area contributed by atoms with E-state index in [4.69, 9.17) is 9.47 Å². The first kappa shape index (κ1) is 16.3. The first-order valence-corrected chi connectivity index (χ1v) is 9.07. The van der Waals surface area contributed by atoms with Gasteiger partial charge in [0.2, 0.25) is 0 Å². The van der Waals surface area contributed by atoms with E-state index in [1.807, 2.05) is 0 Å². The molecule has 0 aromatic heterocycles. The lowest BCUT2D eigenvalue weighted by atomic mass is 9.50. The van der Waals surface area contributed by atoms with Crippen molar-refractivity contribution in [3.8, 4) is 0 Å². The van der Waals surface area contributed by atoms with E-state index in [2.05, 4.69) is 20.8 Å². The number of ether oxygens (including phenoxy) is 2. The summed E-state index contributed by atoms with van der Waals surface area (Å²) >= 11 is 0. The highest BCUT2D eigenvalue weighted by molar-refractivity contribution is 5.69. The van der Waals surface area contributed by atoms with Crippen LogP contribution in [-0.4, -0.2) is 19.4 Å². The van der Waals surface area contributed by atoms with Crippen LogP contribution in [-0.2, 0) is 14.3 Å². The molecule has 3 heteroatoms. The fourth-order valence-electron chi connectivity index (χ4n) is 5.38.